The highest BCUT2D eigenvalue weighted by atomic mass is 32.1. The summed E-state index contributed by atoms with van der Waals surface area (Å²) >= 11 is 1.53. The monoisotopic (exact) mass is 450 g/mol. The first-order valence-corrected chi connectivity index (χ1v) is 11.9. The zero-order valence-electron chi connectivity index (χ0n) is 18.0. The van der Waals surface area contributed by atoms with Gasteiger partial charge < -0.3 is 29.8 Å². The largest absolute Gasteiger partial charge is 0.379 e. The maximum Gasteiger partial charge on any atom is 0.262 e. The summed E-state index contributed by atoms with van der Waals surface area (Å²) in [7, 11) is 2.16. The lowest BCUT2D eigenvalue weighted by Crippen LogP contribution is -2.44. The van der Waals surface area contributed by atoms with Crippen LogP contribution in [-0.4, -0.2) is 72.3 Å². The molecule has 8 nitrogen and oxygen atoms in total. The van der Waals surface area contributed by atoms with Crippen molar-refractivity contribution in [3.8, 4) is 11.4 Å². The minimum Gasteiger partial charge on any atom is -0.379 e. The highest BCUT2D eigenvalue weighted by Crippen LogP contribution is 2.34. The standard InChI is InChI=1S/C23H26N6O2S/c1-28-6-8-29(9-7-28)15-2-3-17-18(12-15)26-21(25-17)19-20(24-14-4-10-31-13-14)16-5-11-32-23(16)27-22(19)30/h2-3,5,11-12,14H,4,6-10,13H2,1H3,(H,25,26)(H2,24,27,30)/t14-/m0/s1. The summed E-state index contributed by atoms with van der Waals surface area (Å²) in [5.41, 5.74) is 4.23. The van der Waals surface area contributed by atoms with Gasteiger partial charge in [-0.1, -0.05) is 0 Å². The summed E-state index contributed by atoms with van der Waals surface area (Å²) < 4.78 is 5.55. The maximum atomic E-state index is 13.2. The van der Waals surface area contributed by atoms with Crippen LogP contribution < -0.4 is 15.8 Å². The lowest BCUT2D eigenvalue weighted by atomic mass is 10.1. The number of pyridine rings is 1. The van der Waals surface area contributed by atoms with Gasteiger partial charge in [-0.2, -0.15) is 0 Å². The van der Waals surface area contributed by atoms with Crippen LogP contribution in [0.3, 0.4) is 0 Å². The van der Waals surface area contributed by atoms with Gasteiger partial charge in [-0.25, -0.2) is 4.98 Å². The van der Waals surface area contributed by atoms with E-state index < -0.39 is 0 Å². The first-order valence-electron chi connectivity index (χ1n) is 11.1. The maximum absolute atomic E-state index is 13.2. The lowest BCUT2D eigenvalue weighted by molar-refractivity contribution is 0.195. The summed E-state index contributed by atoms with van der Waals surface area (Å²) in [4.78, 5) is 30.0. The molecule has 1 aromatic carbocycles. The predicted molar refractivity (Wildman–Crippen MR) is 130 cm³/mol. The number of aromatic nitrogens is 3. The molecule has 3 N–H and O–H groups in total. The van der Waals surface area contributed by atoms with Crippen LogP contribution in [0.4, 0.5) is 11.4 Å². The van der Waals surface area contributed by atoms with E-state index in [1.807, 2.05) is 17.5 Å². The second-order valence-electron chi connectivity index (χ2n) is 8.65. The summed E-state index contributed by atoms with van der Waals surface area (Å²) in [5.74, 6) is 0.589. The number of H-pyrrole nitrogens is 2. The Morgan fingerprint density at radius 3 is 2.88 bits per heavy atom. The van der Waals surface area contributed by atoms with Gasteiger partial charge in [0.25, 0.3) is 5.56 Å². The zero-order valence-corrected chi connectivity index (χ0v) is 18.8. The number of hydrogen-bond donors (Lipinski definition) is 3. The predicted octanol–water partition coefficient (Wildman–Crippen LogP) is 3.09. The molecule has 0 unspecified atom stereocenters. The second kappa shape index (κ2) is 7.91. The Hall–Kier alpha value is -2.88. The van der Waals surface area contributed by atoms with Crippen molar-refractivity contribution >= 4 is 44.0 Å². The van der Waals surface area contributed by atoms with E-state index in [1.165, 1.54) is 17.0 Å². The Balaban J connectivity index is 1.43. The number of rotatable bonds is 4. The molecule has 1 atom stereocenters. The highest BCUT2D eigenvalue weighted by Gasteiger charge is 2.23. The normalized spacial score (nSPS) is 19.9. The third kappa shape index (κ3) is 3.46. The van der Waals surface area contributed by atoms with E-state index in [-0.39, 0.29) is 11.6 Å². The summed E-state index contributed by atoms with van der Waals surface area (Å²) in [6.45, 7) is 5.52. The molecule has 2 aliphatic heterocycles. The van der Waals surface area contributed by atoms with Gasteiger partial charge in [-0.3, -0.25) is 4.79 Å². The number of hydrogen-bond acceptors (Lipinski definition) is 7. The molecular weight excluding hydrogens is 424 g/mol. The minimum absolute atomic E-state index is 0.139. The van der Waals surface area contributed by atoms with Crippen LogP contribution in [0.25, 0.3) is 32.6 Å². The van der Waals surface area contributed by atoms with Crippen LogP contribution in [0.1, 0.15) is 6.42 Å². The molecule has 6 rings (SSSR count). The molecule has 0 radical (unpaired) electrons. The van der Waals surface area contributed by atoms with Gasteiger partial charge in [0.05, 0.1) is 29.4 Å². The first kappa shape index (κ1) is 19.8. The van der Waals surface area contributed by atoms with E-state index in [1.54, 1.807) is 0 Å². The quantitative estimate of drug-likeness (QED) is 0.443. The van der Waals surface area contributed by atoms with Crippen LogP contribution in [0, 0.1) is 0 Å². The molecule has 32 heavy (non-hydrogen) atoms. The number of thiophene rings is 1. The fraction of sp³-hybridized carbons (Fsp3) is 0.391. The number of benzene rings is 1. The topological polar surface area (TPSA) is 89.3 Å². The van der Waals surface area contributed by atoms with Crippen LogP contribution in [0.15, 0.2) is 34.4 Å². The third-order valence-corrected chi connectivity index (χ3v) is 7.32. The summed E-state index contributed by atoms with van der Waals surface area (Å²) in [6, 6.07) is 8.54. The minimum atomic E-state index is -0.139. The van der Waals surface area contributed by atoms with E-state index in [0.29, 0.717) is 18.0 Å². The van der Waals surface area contributed by atoms with E-state index in [2.05, 4.69) is 44.3 Å². The Kier molecular flexibility index (Phi) is 4.89. The summed E-state index contributed by atoms with van der Waals surface area (Å²) in [5, 5.41) is 6.59. The molecule has 0 aliphatic carbocycles. The van der Waals surface area contributed by atoms with Gasteiger partial charge in [0, 0.05) is 43.9 Å². The Morgan fingerprint density at radius 1 is 1.19 bits per heavy atom. The number of aromatic amines is 2. The highest BCUT2D eigenvalue weighted by molar-refractivity contribution is 7.16. The van der Waals surface area contributed by atoms with Gasteiger partial charge in [0.1, 0.15) is 16.2 Å². The van der Waals surface area contributed by atoms with Crippen molar-refractivity contribution in [2.75, 3.05) is 56.7 Å². The van der Waals surface area contributed by atoms with Crippen molar-refractivity contribution in [1.29, 1.82) is 0 Å². The van der Waals surface area contributed by atoms with Crippen LogP contribution in [0.2, 0.25) is 0 Å². The van der Waals surface area contributed by atoms with Gasteiger partial charge >= 0.3 is 0 Å². The molecule has 0 saturated carbocycles. The number of anilines is 2. The number of piperazine rings is 1. The third-order valence-electron chi connectivity index (χ3n) is 6.49. The summed E-state index contributed by atoms with van der Waals surface area (Å²) in [6.07, 6.45) is 0.923. The molecule has 2 saturated heterocycles. The van der Waals surface area contributed by atoms with Crippen LogP contribution in [0.5, 0.6) is 0 Å². The van der Waals surface area contributed by atoms with Crippen LogP contribution >= 0.6 is 11.3 Å². The molecule has 5 heterocycles. The second-order valence-corrected chi connectivity index (χ2v) is 9.57. The SMILES string of the molecule is CN1CCN(c2ccc3nc(-c4c(N[C@H]5CCOC5)c5ccsc5[nH]c4=O)[nH]c3c2)CC1. The van der Waals surface area contributed by atoms with Crippen LogP contribution in [-0.2, 0) is 4.74 Å². The number of fused-ring (bicyclic) bond motifs is 2. The number of imidazole rings is 1. The zero-order chi connectivity index (χ0) is 21.7. The molecule has 0 spiro atoms. The van der Waals surface area contributed by atoms with Gasteiger partial charge in [-0.15, -0.1) is 11.3 Å². The number of ether oxygens (including phenoxy) is 1. The average molecular weight is 451 g/mol. The molecule has 2 fully saturated rings. The Morgan fingerprint density at radius 2 is 2.06 bits per heavy atom. The van der Waals surface area contributed by atoms with E-state index in [9.17, 15) is 4.79 Å². The van der Waals surface area contributed by atoms with Crippen molar-refractivity contribution in [3.05, 3.63) is 40.0 Å². The molecule has 4 aromatic rings. The van der Waals surface area contributed by atoms with Crippen molar-refractivity contribution in [1.82, 2.24) is 19.9 Å². The molecule has 0 bridgehead atoms. The number of nitrogens with zero attached hydrogens (tertiary/aromatic N) is 3. The fourth-order valence-electron chi connectivity index (χ4n) is 4.62. The molecular formula is C23H26N6O2S. The molecule has 0 amide bonds. The van der Waals surface area contributed by atoms with Gasteiger partial charge in [0.15, 0.2) is 0 Å². The van der Waals surface area contributed by atoms with E-state index in [4.69, 9.17) is 9.72 Å². The van der Waals surface area contributed by atoms with Crippen molar-refractivity contribution in [2.24, 2.45) is 0 Å². The van der Waals surface area contributed by atoms with Crippen molar-refractivity contribution in [3.63, 3.8) is 0 Å². The van der Waals surface area contributed by atoms with Crippen molar-refractivity contribution < 1.29 is 4.74 Å². The molecule has 3 aromatic heterocycles. The fourth-order valence-corrected chi connectivity index (χ4v) is 5.41. The van der Waals surface area contributed by atoms with Crippen molar-refractivity contribution in [2.45, 2.75) is 12.5 Å². The van der Waals surface area contributed by atoms with Gasteiger partial charge in [0.2, 0.25) is 0 Å². The lowest BCUT2D eigenvalue weighted by Gasteiger charge is -2.34. The number of likely N-dealkylation sites (N-methyl/N-ethyl adjacent to an activating group) is 1. The first-order chi connectivity index (χ1) is 15.7. The smallest absolute Gasteiger partial charge is 0.262 e. The number of nitrogens with one attached hydrogen (secondary N) is 3. The Labute approximate surface area is 189 Å². The van der Waals surface area contributed by atoms with E-state index in [0.717, 1.165) is 66.1 Å². The molecule has 166 valence electrons. The van der Waals surface area contributed by atoms with Gasteiger partial charge in [-0.05, 0) is 43.1 Å². The molecule has 9 heteroatoms. The average Bonchev–Trinajstić information content (AvgIpc) is 3.54. The molecule has 2 aliphatic rings. The Bertz CT molecular complexity index is 1330. The van der Waals surface area contributed by atoms with E-state index >= 15 is 0 Å².